The van der Waals surface area contributed by atoms with Gasteiger partial charge in [0, 0.05) is 12.5 Å². The van der Waals surface area contributed by atoms with E-state index >= 15 is 0 Å². The number of hydrogen-bond donors (Lipinski definition) is 2. The number of esters is 1. The van der Waals surface area contributed by atoms with Crippen LogP contribution in [-0.4, -0.2) is 45.6 Å². The average Bonchev–Trinajstić information content (AvgIpc) is 3.24. The smallest absolute Gasteiger partial charge is 0.318 e. The number of nitrogens with zero attached hydrogens (tertiary/aromatic N) is 1. The zero-order valence-electron chi connectivity index (χ0n) is 19.3. The van der Waals surface area contributed by atoms with E-state index in [2.05, 4.69) is 30.2 Å². The van der Waals surface area contributed by atoms with Crippen LogP contribution in [0.2, 0.25) is 0 Å². The van der Waals surface area contributed by atoms with Gasteiger partial charge < -0.3 is 34.5 Å². The number of aliphatic imine (C=N–C) groups is 1. The molecular weight excluding hydrogens is 469 g/mol. The standard InChI is InChI=1S/C27H29N3O2.2ClH/c1-29(17-10-18-30-21-28-24-15-8-9-16-25(24)30)19-20-32-27(31)26(22-11-4-2-5-12-22)23-13-6-3-7-14-23;;/h2-9,11-16,21,26H,10,17-20H2,1H3;2*1H. The number of fused-ring (bicyclic) bond motifs is 1. The van der Waals surface area contributed by atoms with Crippen LogP contribution in [0.5, 0.6) is 0 Å². The highest BCUT2D eigenvalue weighted by molar-refractivity contribution is 5.82. The van der Waals surface area contributed by atoms with E-state index in [0.717, 1.165) is 42.9 Å². The summed E-state index contributed by atoms with van der Waals surface area (Å²) in [6.07, 6.45) is 3.07. The third kappa shape index (κ3) is 7.15. The van der Waals surface area contributed by atoms with Gasteiger partial charge in [0.15, 0.2) is 12.0 Å². The normalized spacial score (nSPS) is 14.6. The largest absolute Gasteiger partial charge is 1.00 e. The molecular formula is C27H31Cl2N3O2. The Bertz CT molecular complexity index is 1010. The van der Waals surface area contributed by atoms with Crippen LogP contribution in [0, 0.1) is 0 Å². The molecule has 0 aromatic heterocycles. The summed E-state index contributed by atoms with van der Waals surface area (Å²) in [5.74, 6) is -0.583. The van der Waals surface area contributed by atoms with Crippen LogP contribution in [0.4, 0.5) is 11.4 Å². The van der Waals surface area contributed by atoms with E-state index in [-0.39, 0.29) is 30.8 Å². The molecule has 5 nitrogen and oxygen atoms in total. The number of ether oxygens (including phenoxy) is 1. The van der Waals surface area contributed by atoms with Crippen molar-refractivity contribution < 1.29 is 44.1 Å². The summed E-state index contributed by atoms with van der Waals surface area (Å²) >= 11 is 0. The van der Waals surface area contributed by atoms with Gasteiger partial charge in [-0.2, -0.15) is 4.99 Å². The highest BCUT2D eigenvalue weighted by Gasteiger charge is 2.24. The van der Waals surface area contributed by atoms with Gasteiger partial charge in [-0.15, -0.1) is 0 Å². The minimum Gasteiger partial charge on any atom is -1.00 e. The van der Waals surface area contributed by atoms with Crippen LogP contribution in [0.1, 0.15) is 23.5 Å². The molecule has 1 aliphatic heterocycles. The van der Waals surface area contributed by atoms with Gasteiger partial charge in [-0.1, -0.05) is 72.8 Å². The highest BCUT2D eigenvalue weighted by atomic mass is 35.5. The molecule has 3 aromatic carbocycles. The van der Waals surface area contributed by atoms with Gasteiger partial charge in [-0.25, -0.2) is 0 Å². The van der Waals surface area contributed by atoms with Gasteiger partial charge in [-0.3, -0.25) is 9.69 Å². The number of para-hydroxylation sites is 2. The van der Waals surface area contributed by atoms with Crippen LogP contribution in [0.3, 0.4) is 0 Å². The van der Waals surface area contributed by atoms with E-state index in [1.807, 2.05) is 73.1 Å². The van der Waals surface area contributed by atoms with E-state index in [1.165, 1.54) is 15.5 Å². The molecule has 2 unspecified atom stereocenters. The molecule has 7 heteroatoms. The Hall–Kier alpha value is -2.70. The topological polar surface area (TPSA) is 47.5 Å². The summed E-state index contributed by atoms with van der Waals surface area (Å²) in [4.78, 5) is 20.1. The Morgan fingerprint density at radius 2 is 1.47 bits per heavy atom. The summed E-state index contributed by atoms with van der Waals surface area (Å²) in [5, 5.41) is 0. The fourth-order valence-corrected chi connectivity index (χ4v) is 4.14. The number of benzene rings is 3. The van der Waals surface area contributed by atoms with Gasteiger partial charge in [0.2, 0.25) is 0 Å². The fraction of sp³-hybridized carbons (Fsp3) is 0.259. The maximum Gasteiger partial charge on any atom is 0.318 e. The zero-order valence-corrected chi connectivity index (χ0v) is 20.8. The van der Waals surface area contributed by atoms with Gasteiger partial charge in [0.1, 0.15) is 24.8 Å². The van der Waals surface area contributed by atoms with E-state index < -0.39 is 5.92 Å². The van der Waals surface area contributed by atoms with Gasteiger partial charge in [0.05, 0.1) is 20.1 Å². The van der Waals surface area contributed by atoms with Crippen LogP contribution in [-0.2, 0) is 9.53 Å². The summed E-state index contributed by atoms with van der Waals surface area (Å²) in [6.45, 7) is 3.25. The van der Waals surface area contributed by atoms with E-state index in [1.54, 1.807) is 0 Å². The lowest BCUT2D eigenvalue weighted by Crippen LogP contribution is -3.11. The van der Waals surface area contributed by atoms with Gasteiger partial charge in [-0.05, 0) is 17.2 Å². The number of nitrogens with one attached hydrogen (secondary N) is 2. The van der Waals surface area contributed by atoms with Crippen LogP contribution < -0.4 is 34.6 Å². The number of likely N-dealkylation sites (N-methyl/N-ethyl adjacent to an activating group) is 1. The molecule has 34 heavy (non-hydrogen) atoms. The lowest BCUT2D eigenvalue weighted by molar-refractivity contribution is -0.882. The first-order chi connectivity index (χ1) is 15.7. The van der Waals surface area contributed by atoms with Crippen molar-refractivity contribution in [2.45, 2.75) is 12.3 Å². The van der Waals surface area contributed by atoms with Crippen molar-refractivity contribution in [2.24, 2.45) is 4.99 Å². The third-order valence-corrected chi connectivity index (χ3v) is 5.93. The van der Waals surface area contributed by atoms with Crippen molar-refractivity contribution >= 4 is 23.7 Å². The summed E-state index contributed by atoms with van der Waals surface area (Å²) in [7, 11) is 2.15. The molecule has 2 N–H and O–H groups in total. The molecule has 4 rings (SSSR count). The number of quaternary nitrogens is 2. The second kappa shape index (κ2) is 13.9. The van der Waals surface area contributed by atoms with Gasteiger partial charge in [0.25, 0.3) is 0 Å². The van der Waals surface area contributed by atoms with E-state index in [9.17, 15) is 4.79 Å². The second-order valence-corrected chi connectivity index (χ2v) is 8.28. The Morgan fingerprint density at radius 1 is 0.882 bits per heavy atom. The number of carbonyl (C=O) groups excluding carboxylic acids is 1. The molecule has 0 amide bonds. The van der Waals surface area contributed by atoms with Gasteiger partial charge >= 0.3 is 5.97 Å². The van der Waals surface area contributed by atoms with Crippen LogP contribution in [0.25, 0.3) is 0 Å². The first-order valence-corrected chi connectivity index (χ1v) is 11.3. The Labute approximate surface area is 214 Å². The maximum absolute atomic E-state index is 13.0. The lowest BCUT2D eigenvalue weighted by atomic mass is 9.91. The third-order valence-electron chi connectivity index (χ3n) is 5.93. The molecule has 180 valence electrons. The van der Waals surface area contributed by atoms with E-state index in [4.69, 9.17) is 4.74 Å². The quantitative estimate of drug-likeness (QED) is 0.281. The Morgan fingerprint density at radius 3 is 2.12 bits per heavy atom. The second-order valence-electron chi connectivity index (χ2n) is 8.28. The average molecular weight is 500 g/mol. The molecule has 0 radical (unpaired) electrons. The minimum atomic E-state index is -0.393. The summed E-state index contributed by atoms with van der Waals surface area (Å²) in [6, 6.07) is 28.0. The predicted molar refractivity (Wildman–Crippen MR) is 127 cm³/mol. The van der Waals surface area contributed by atoms with E-state index in [0.29, 0.717) is 6.61 Å². The number of halogens is 2. The van der Waals surface area contributed by atoms with Crippen LogP contribution >= 0.6 is 0 Å². The van der Waals surface area contributed by atoms with Crippen LogP contribution in [0.15, 0.2) is 89.9 Å². The summed E-state index contributed by atoms with van der Waals surface area (Å²) < 4.78 is 5.72. The molecule has 3 aromatic rings. The summed E-state index contributed by atoms with van der Waals surface area (Å²) in [5.41, 5.74) is 4.24. The number of carbonyl (C=O) groups is 1. The van der Waals surface area contributed by atoms with Crippen molar-refractivity contribution in [1.29, 1.82) is 0 Å². The first kappa shape index (κ1) is 27.5. The van der Waals surface area contributed by atoms with Crippen molar-refractivity contribution in [1.82, 2.24) is 0 Å². The van der Waals surface area contributed by atoms with Crippen molar-refractivity contribution in [3.63, 3.8) is 0 Å². The SMILES string of the molecule is C[NH+](CCC[NH+]1C=Nc2ccccc21)CCOC(=O)C(c1ccccc1)c1ccccc1.[Cl-].[Cl-]. The Kier molecular flexibility index (Phi) is 11.2. The zero-order chi connectivity index (χ0) is 22.2. The molecule has 0 bridgehead atoms. The maximum atomic E-state index is 13.0. The first-order valence-electron chi connectivity index (χ1n) is 11.3. The molecule has 0 aliphatic carbocycles. The molecule has 2 atom stereocenters. The predicted octanol–water partition coefficient (Wildman–Crippen LogP) is -3.84. The monoisotopic (exact) mass is 499 g/mol. The molecule has 1 heterocycles. The minimum absolute atomic E-state index is 0. The van der Waals surface area contributed by atoms with Crippen molar-refractivity contribution in [2.75, 3.05) is 33.3 Å². The Balaban J connectivity index is 0.00000204. The molecule has 0 saturated carbocycles. The van der Waals surface area contributed by atoms with Crippen molar-refractivity contribution in [3.8, 4) is 0 Å². The number of hydrogen-bond acceptors (Lipinski definition) is 3. The highest BCUT2D eigenvalue weighted by Crippen LogP contribution is 2.26. The molecule has 0 saturated heterocycles. The fourth-order valence-electron chi connectivity index (χ4n) is 4.14. The molecule has 0 fully saturated rings. The molecule has 0 spiro atoms. The van der Waals surface area contributed by atoms with Crippen molar-refractivity contribution in [3.05, 3.63) is 96.1 Å². The lowest BCUT2D eigenvalue weighted by Gasteiger charge is -2.19. The molecule has 1 aliphatic rings. The number of rotatable bonds is 10.